The number of nitrogens with zero attached hydrogens (tertiary/aromatic N) is 3. The third-order valence-electron chi connectivity index (χ3n) is 3.44. The van der Waals surface area contributed by atoms with Crippen molar-refractivity contribution in [1.29, 1.82) is 0 Å². The monoisotopic (exact) mass is 371 g/mol. The second-order valence-corrected chi connectivity index (χ2v) is 5.29. The van der Waals surface area contributed by atoms with Gasteiger partial charge >= 0.3 is 12.1 Å². The topological polar surface area (TPSA) is 85.5 Å². The molecule has 0 aliphatic carbocycles. The van der Waals surface area contributed by atoms with Crippen molar-refractivity contribution in [3.05, 3.63) is 35.7 Å². The molecular formula is C16H16F3N3O4. The summed E-state index contributed by atoms with van der Waals surface area (Å²) in [5, 5.41) is 3.30. The van der Waals surface area contributed by atoms with Crippen molar-refractivity contribution in [1.82, 2.24) is 15.0 Å². The number of aromatic nitrogens is 2. The molecule has 140 valence electrons. The molecule has 0 fully saturated rings. The number of Topliss-reactive ketones (excluding diaryl/α,β-unsaturated/α-hetero) is 1. The first-order chi connectivity index (χ1) is 12.3. The van der Waals surface area contributed by atoms with Gasteiger partial charge in [-0.15, -0.1) is 0 Å². The van der Waals surface area contributed by atoms with Crippen LogP contribution in [0.2, 0.25) is 0 Å². The molecule has 0 saturated heterocycles. The number of halogens is 3. The predicted octanol–water partition coefficient (Wildman–Crippen LogP) is 2.32. The molecule has 1 aromatic carbocycles. The zero-order valence-electron chi connectivity index (χ0n) is 14.0. The van der Waals surface area contributed by atoms with E-state index in [1.807, 2.05) is 0 Å². The lowest BCUT2D eigenvalue weighted by atomic mass is 10.1. The zero-order chi connectivity index (χ0) is 19.3. The average molecular weight is 371 g/mol. The number of likely N-dealkylation sites (N-methyl/N-ethyl adjacent to an activating group) is 1. The standard InChI is InChI=1S/C16H16F3N3O4/c1-3-22(14(24)12(23)9-25-2)8-10-4-6-11(7-5-10)13-20-15(26-21-13)16(17,18)19/h4-7H,3,8-9H2,1-2H3. The summed E-state index contributed by atoms with van der Waals surface area (Å²) in [7, 11) is 1.32. The third-order valence-corrected chi connectivity index (χ3v) is 3.44. The van der Waals surface area contributed by atoms with Gasteiger partial charge in [-0.05, 0) is 12.5 Å². The van der Waals surface area contributed by atoms with Crippen molar-refractivity contribution in [2.75, 3.05) is 20.3 Å². The summed E-state index contributed by atoms with van der Waals surface area (Å²) in [6.45, 7) is 1.92. The Balaban J connectivity index is 2.10. The van der Waals surface area contributed by atoms with Gasteiger partial charge in [0.1, 0.15) is 6.61 Å². The van der Waals surface area contributed by atoms with Gasteiger partial charge in [-0.1, -0.05) is 29.4 Å². The molecule has 0 spiro atoms. The smallest absolute Gasteiger partial charge is 0.376 e. The number of ether oxygens (including phenoxy) is 1. The molecule has 0 radical (unpaired) electrons. The Morgan fingerprint density at radius 1 is 1.23 bits per heavy atom. The largest absolute Gasteiger partial charge is 0.471 e. The molecule has 7 nitrogen and oxygen atoms in total. The quantitative estimate of drug-likeness (QED) is 0.695. The highest BCUT2D eigenvalue weighted by atomic mass is 19.4. The lowest BCUT2D eigenvalue weighted by Gasteiger charge is -2.20. The molecule has 0 N–H and O–H groups in total. The van der Waals surface area contributed by atoms with Crippen molar-refractivity contribution >= 4 is 11.7 Å². The van der Waals surface area contributed by atoms with Crippen LogP contribution in [-0.4, -0.2) is 47.0 Å². The Morgan fingerprint density at radius 3 is 2.38 bits per heavy atom. The van der Waals surface area contributed by atoms with Gasteiger partial charge in [0.2, 0.25) is 11.6 Å². The minimum atomic E-state index is -4.71. The number of carbonyl (C=O) groups is 2. The maximum atomic E-state index is 12.5. The van der Waals surface area contributed by atoms with Crippen LogP contribution in [0.3, 0.4) is 0 Å². The van der Waals surface area contributed by atoms with E-state index in [4.69, 9.17) is 0 Å². The van der Waals surface area contributed by atoms with Gasteiger partial charge in [0.25, 0.3) is 5.91 Å². The van der Waals surface area contributed by atoms with Crippen LogP contribution >= 0.6 is 0 Å². The van der Waals surface area contributed by atoms with E-state index >= 15 is 0 Å². The number of rotatable bonds is 7. The zero-order valence-corrected chi connectivity index (χ0v) is 14.0. The molecule has 0 saturated carbocycles. The Bertz CT molecular complexity index is 772. The minimum Gasteiger partial charge on any atom is -0.376 e. The second-order valence-electron chi connectivity index (χ2n) is 5.29. The summed E-state index contributed by atoms with van der Waals surface area (Å²) in [5.41, 5.74) is 1.02. The molecule has 0 aliphatic heterocycles. The highest BCUT2D eigenvalue weighted by molar-refractivity contribution is 6.36. The van der Waals surface area contributed by atoms with E-state index in [0.29, 0.717) is 17.7 Å². The van der Waals surface area contributed by atoms with Gasteiger partial charge in [-0.2, -0.15) is 18.2 Å². The molecule has 1 amide bonds. The summed E-state index contributed by atoms with van der Waals surface area (Å²) in [6.07, 6.45) is -4.71. The maximum absolute atomic E-state index is 12.5. The molecule has 0 aliphatic rings. The Kier molecular flexibility index (Phi) is 6.09. The van der Waals surface area contributed by atoms with Gasteiger partial charge in [0.15, 0.2) is 0 Å². The number of carbonyl (C=O) groups excluding carboxylic acids is 2. The van der Waals surface area contributed by atoms with E-state index in [1.54, 1.807) is 19.1 Å². The van der Waals surface area contributed by atoms with Gasteiger partial charge in [-0.3, -0.25) is 9.59 Å². The van der Waals surface area contributed by atoms with Crippen LogP contribution in [0.1, 0.15) is 18.4 Å². The summed E-state index contributed by atoms with van der Waals surface area (Å²) in [6, 6.07) is 6.23. The summed E-state index contributed by atoms with van der Waals surface area (Å²) < 4.78 is 46.3. The molecule has 10 heteroatoms. The van der Waals surface area contributed by atoms with Gasteiger partial charge in [0.05, 0.1) is 0 Å². The molecule has 26 heavy (non-hydrogen) atoms. The van der Waals surface area contributed by atoms with E-state index in [-0.39, 0.29) is 19.0 Å². The van der Waals surface area contributed by atoms with Crippen LogP contribution < -0.4 is 0 Å². The van der Waals surface area contributed by atoms with Crippen molar-refractivity contribution in [3.8, 4) is 11.4 Å². The van der Waals surface area contributed by atoms with Crippen molar-refractivity contribution in [2.45, 2.75) is 19.6 Å². The number of hydrogen-bond acceptors (Lipinski definition) is 6. The van der Waals surface area contributed by atoms with Crippen LogP contribution in [0.25, 0.3) is 11.4 Å². The fourth-order valence-corrected chi connectivity index (χ4v) is 2.13. The average Bonchev–Trinajstić information content (AvgIpc) is 3.10. The molecule has 2 aromatic rings. The molecule has 0 unspecified atom stereocenters. The first-order valence-electron chi connectivity index (χ1n) is 7.57. The van der Waals surface area contributed by atoms with Crippen molar-refractivity contribution in [2.24, 2.45) is 0 Å². The van der Waals surface area contributed by atoms with Gasteiger partial charge < -0.3 is 14.2 Å². The number of hydrogen-bond donors (Lipinski definition) is 0. The normalized spacial score (nSPS) is 11.4. The molecule has 1 heterocycles. The van der Waals surface area contributed by atoms with Crippen molar-refractivity contribution in [3.63, 3.8) is 0 Å². The molecule has 2 rings (SSSR count). The summed E-state index contributed by atoms with van der Waals surface area (Å²) in [5.74, 6) is -2.93. The lowest BCUT2D eigenvalue weighted by molar-refractivity contribution is -0.159. The fourth-order valence-electron chi connectivity index (χ4n) is 2.13. The predicted molar refractivity (Wildman–Crippen MR) is 82.7 cm³/mol. The van der Waals surface area contributed by atoms with Crippen LogP contribution in [-0.2, 0) is 27.0 Å². The minimum absolute atomic E-state index is 0.172. The Labute approximate surface area is 146 Å². The summed E-state index contributed by atoms with van der Waals surface area (Å²) in [4.78, 5) is 28.3. The van der Waals surface area contributed by atoms with Gasteiger partial charge in [0, 0.05) is 25.8 Å². The number of benzene rings is 1. The molecule has 0 atom stereocenters. The van der Waals surface area contributed by atoms with Crippen LogP contribution in [0, 0.1) is 0 Å². The number of amides is 1. The van der Waals surface area contributed by atoms with E-state index in [1.165, 1.54) is 24.1 Å². The maximum Gasteiger partial charge on any atom is 0.471 e. The SMILES string of the molecule is CCN(Cc1ccc(-c2noc(C(F)(F)F)n2)cc1)C(=O)C(=O)COC. The molecular weight excluding hydrogens is 355 g/mol. The third kappa shape index (κ3) is 4.66. The van der Waals surface area contributed by atoms with E-state index in [2.05, 4.69) is 19.4 Å². The van der Waals surface area contributed by atoms with Crippen LogP contribution in [0.5, 0.6) is 0 Å². The van der Waals surface area contributed by atoms with Gasteiger partial charge in [-0.25, -0.2) is 0 Å². The van der Waals surface area contributed by atoms with E-state index in [0.717, 1.165) is 0 Å². The highest BCUT2D eigenvalue weighted by Crippen LogP contribution is 2.29. The number of ketones is 1. The lowest BCUT2D eigenvalue weighted by Crippen LogP contribution is -2.37. The summed E-state index contributed by atoms with van der Waals surface area (Å²) >= 11 is 0. The molecule has 1 aromatic heterocycles. The number of methoxy groups -OCH3 is 1. The first-order valence-corrected chi connectivity index (χ1v) is 7.57. The first kappa shape index (κ1) is 19.6. The number of alkyl halides is 3. The second kappa shape index (κ2) is 8.09. The Morgan fingerprint density at radius 2 is 1.88 bits per heavy atom. The Hall–Kier alpha value is -2.75. The van der Waals surface area contributed by atoms with Crippen molar-refractivity contribution < 1.29 is 32.0 Å². The van der Waals surface area contributed by atoms with Crippen LogP contribution in [0.15, 0.2) is 28.8 Å². The van der Waals surface area contributed by atoms with E-state index < -0.39 is 23.8 Å². The molecule has 0 bridgehead atoms. The van der Waals surface area contributed by atoms with E-state index in [9.17, 15) is 22.8 Å². The fraction of sp³-hybridized carbons (Fsp3) is 0.375. The van der Waals surface area contributed by atoms with Crippen LogP contribution in [0.4, 0.5) is 13.2 Å². The highest BCUT2D eigenvalue weighted by Gasteiger charge is 2.38.